The summed E-state index contributed by atoms with van der Waals surface area (Å²) in [6.45, 7) is 3.61. The Kier molecular flexibility index (Phi) is 4.12. The SMILES string of the molecule is CCC(C)(N)C(=O)c1cc(OC)cc(OC)c1. The molecular formula is C13H19NO3. The van der Waals surface area contributed by atoms with Crippen LogP contribution in [0.1, 0.15) is 30.6 Å². The first-order valence-electron chi connectivity index (χ1n) is 5.51. The number of carbonyl (C=O) groups excluding carboxylic acids is 1. The Morgan fingerprint density at radius 2 is 1.71 bits per heavy atom. The normalized spacial score (nSPS) is 13.9. The molecule has 94 valence electrons. The lowest BCUT2D eigenvalue weighted by molar-refractivity contribution is 0.0897. The molecule has 0 aliphatic carbocycles. The van der Waals surface area contributed by atoms with Crippen molar-refractivity contribution in [1.29, 1.82) is 0 Å². The van der Waals surface area contributed by atoms with Crippen molar-refractivity contribution in [3.05, 3.63) is 23.8 Å². The summed E-state index contributed by atoms with van der Waals surface area (Å²) in [5.41, 5.74) is 5.59. The molecule has 0 heterocycles. The molecule has 1 aromatic carbocycles. The molecule has 1 unspecified atom stereocenters. The third kappa shape index (κ3) is 2.97. The lowest BCUT2D eigenvalue weighted by Gasteiger charge is -2.21. The van der Waals surface area contributed by atoms with E-state index in [0.29, 0.717) is 23.5 Å². The number of carbonyl (C=O) groups is 1. The minimum Gasteiger partial charge on any atom is -0.497 e. The van der Waals surface area contributed by atoms with Crippen molar-refractivity contribution in [2.75, 3.05) is 14.2 Å². The van der Waals surface area contributed by atoms with E-state index in [1.165, 1.54) is 0 Å². The van der Waals surface area contributed by atoms with Gasteiger partial charge < -0.3 is 15.2 Å². The Hall–Kier alpha value is -1.55. The van der Waals surface area contributed by atoms with Gasteiger partial charge in [0.2, 0.25) is 0 Å². The standard InChI is InChI=1S/C13H19NO3/c1-5-13(2,14)12(15)9-6-10(16-3)8-11(7-9)17-4/h6-8H,5,14H2,1-4H3. The molecule has 0 spiro atoms. The Bertz CT molecular complexity index is 391. The van der Waals surface area contributed by atoms with Crippen molar-refractivity contribution in [1.82, 2.24) is 0 Å². The largest absolute Gasteiger partial charge is 0.497 e. The molecule has 0 bridgehead atoms. The van der Waals surface area contributed by atoms with Gasteiger partial charge in [0.1, 0.15) is 11.5 Å². The van der Waals surface area contributed by atoms with E-state index in [4.69, 9.17) is 15.2 Å². The highest BCUT2D eigenvalue weighted by atomic mass is 16.5. The second kappa shape index (κ2) is 5.19. The predicted molar refractivity (Wildman–Crippen MR) is 66.8 cm³/mol. The zero-order valence-corrected chi connectivity index (χ0v) is 10.7. The summed E-state index contributed by atoms with van der Waals surface area (Å²) in [6.07, 6.45) is 0.575. The number of nitrogens with two attached hydrogens (primary N) is 1. The van der Waals surface area contributed by atoms with Crippen molar-refractivity contribution >= 4 is 5.78 Å². The van der Waals surface area contributed by atoms with Crippen LogP contribution in [0.2, 0.25) is 0 Å². The smallest absolute Gasteiger partial charge is 0.182 e. The summed E-state index contributed by atoms with van der Waals surface area (Å²) in [4.78, 5) is 12.2. The molecule has 0 saturated heterocycles. The first-order valence-corrected chi connectivity index (χ1v) is 5.51. The third-order valence-electron chi connectivity index (χ3n) is 2.87. The maximum atomic E-state index is 12.2. The fourth-order valence-electron chi connectivity index (χ4n) is 1.43. The Balaban J connectivity index is 3.17. The van der Waals surface area contributed by atoms with E-state index in [-0.39, 0.29) is 5.78 Å². The summed E-state index contributed by atoms with van der Waals surface area (Å²) < 4.78 is 10.2. The number of ether oxygens (including phenoxy) is 2. The summed E-state index contributed by atoms with van der Waals surface area (Å²) in [5, 5.41) is 0. The van der Waals surface area contributed by atoms with Gasteiger partial charge in [-0.15, -0.1) is 0 Å². The minimum atomic E-state index is -0.864. The van der Waals surface area contributed by atoms with E-state index in [1.807, 2.05) is 6.92 Å². The Morgan fingerprint density at radius 1 is 1.24 bits per heavy atom. The number of rotatable bonds is 5. The molecule has 17 heavy (non-hydrogen) atoms. The number of benzene rings is 1. The minimum absolute atomic E-state index is 0.114. The Morgan fingerprint density at radius 3 is 2.06 bits per heavy atom. The van der Waals surface area contributed by atoms with E-state index < -0.39 is 5.54 Å². The van der Waals surface area contributed by atoms with Crippen molar-refractivity contribution in [2.45, 2.75) is 25.8 Å². The number of hydrogen-bond acceptors (Lipinski definition) is 4. The van der Waals surface area contributed by atoms with Crippen LogP contribution in [0.3, 0.4) is 0 Å². The molecule has 0 radical (unpaired) electrons. The fourth-order valence-corrected chi connectivity index (χ4v) is 1.43. The average molecular weight is 237 g/mol. The molecule has 4 heteroatoms. The molecule has 4 nitrogen and oxygen atoms in total. The van der Waals surface area contributed by atoms with Gasteiger partial charge in [0.15, 0.2) is 5.78 Å². The molecule has 1 aromatic rings. The quantitative estimate of drug-likeness (QED) is 0.796. The zero-order valence-electron chi connectivity index (χ0n) is 10.7. The van der Waals surface area contributed by atoms with Gasteiger partial charge in [0.25, 0.3) is 0 Å². The van der Waals surface area contributed by atoms with E-state index in [9.17, 15) is 4.79 Å². The molecular weight excluding hydrogens is 218 g/mol. The average Bonchev–Trinajstić information content (AvgIpc) is 2.36. The lowest BCUT2D eigenvalue weighted by Crippen LogP contribution is -2.44. The van der Waals surface area contributed by atoms with Gasteiger partial charge in [-0.2, -0.15) is 0 Å². The number of methoxy groups -OCH3 is 2. The molecule has 0 amide bonds. The summed E-state index contributed by atoms with van der Waals surface area (Å²) >= 11 is 0. The van der Waals surface area contributed by atoms with Gasteiger partial charge in [-0.1, -0.05) is 6.92 Å². The molecule has 1 atom stereocenters. The van der Waals surface area contributed by atoms with Crippen LogP contribution < -0.4 is 15.2 Å². The van der Waals surface area contributed by atoms with Gasteiger partial charge >= 0.3 is 0 Å². The fraction of sp³-hybridized carbons (Fsp3) is 0.462. The van der Waals surface area contributed by atoms with Crippen molar-refractivity contribution in [3.63, 3.8) is 0 Å². The number of ketones is 1. The maximum absolute atomic E-state index is 12.2. The molecule has 0 aromatic heterocycles. The predicted octanol–water partition coefficient (Wildman–Crippen LogP) is 2.01. The number of hydrogen-bond donors (Lipinski definition) is 1. The highest BCUT2D eigenvalue weighted by molar-refractivity contribution is 6.03. The molecule has 1 rings (SSSR count). The van der Waals surface area contributed by atoms with Crippen molar-refractivity contribution in [2.24, 2.45) is 5.73 Å². The molecule has 0 aliphatic heterocycles. The first-order chi connectivity index (χ1) is 7.94. The summed E-state index contributed by atoms with van der Waals surface area (Å²) in [7, 11) is 3.09. The van der Waals surface area contributed by atoms with Crippen LogP contribution >= 0.6 is 0 Å². The van der Waals surface area contributed by atoms with Crippen LogP contribution in [0.25, 0.3) is 0 Å². The number of Topliss-reactive ketones (excluding diaryl/α,β-unsaturated/α-hetero) is 1. The molecule has 0 saturated carbocycles. The second-order valence-corrected chi connectivity index (χ2v) is 4.20. The van der Waals surface area contributed by atoms with Crippen LogP contribution in [0.5, 0.6) is 11.5 Å². The van der Waals surface area contributed by atoms with Crippen LogP contribution in [-0.2, 0) is 0 Å². The van der Waals surface area contributed by atoms with E-state index in [0.717, 1.165) is 0 Å². The van der Waals surface area contributed by atoms with E-state index >= 15 is 0 Å². The van der Waals surface area contributed by atoms with Gasteiger partial charge in [-0.05, 0) is 25.5 Å². The zero-order chi connectivity index (χ0) is 13.1. The van der Waals surface area contributed by atoms with Crippen LogP contribution in [0.4, 0.5) is 0 Å². The highest BCUT2D eigenvalue weighted by Crippen LogP contribution is 2.25. The summed E-state index contributed by atoms with van der Waals surface area (Å²) in [5.74, 6) is 1.05. The van der Waals surface area contributed by atoms with Gasteiger partial charge in [-0.25, -0.2) is 0 Å². The van der Waals surface area contributed by atoms with Crippen LogP contribution in [0, 0.1) is 0 Å². The Labute approximate surface area is 102 Å². The van der Waals surface area contributed by atoms with Crippen molar-refractivity contribution in [3.8, 4) is 11.5 Å². The topological polar surface area (TPSA) is 61.6 Å². The van der Waals surface area contributed by atoms with Crippen molar-refractivity contribution < 1.29 is 14.3 Å². The maximum Gasteiger partial charge on any atom is 0.182 e. The van der Waals surface area contributed by atoms with Gasteiger partial charge in [0.05, 0.1) is 19.8 Å². The van der Waals surface area contributed by atoms with Crippen LogP contribution in [-0.4, -0.2) is 25.5 Å². The summed E-state index contributed by atoms with van der Waals surface area (Å²) in [6, 6.07) is 5.06. The molecule has 0 fully saturated rings. The lowest BCUT2D eigenvalue weighted by atomic mass is 9.89. The third-order valence-corrected chi connectivity index (χ3v) is 2.87. The van der Waals surface area contributed by atoms with E-state index in [1.54, 1.807) is 39.3 Å². The molecule has 0 aliphatic rings. The first kappa shape index (κ1) is 13.5. The monoisotopic (exact) mass is 237 g/mol. The van der Waals surface area contributed by atoms with E-state index in [2.05, 4.69) is 0 Å². The highest BCUT2D eigenvalue weighted by Gasteiger charge is 2.27. The molecule has 2 N–H and O–H groups in total. The second-order valence-electron chi connectivity index (χ2n) is 4.20. The van der Waals surface area contributed by atoms with Gasteiger partial charge in [-0.3, -0.25) is 4.79 Å². The van der Waals surface area contributed by atoms with Gasteiger partial charge in [0, 0.05) is 11.6 Å². The van der Waals surface area contributed by atoms with Crippen LogP contribution in [0.15, 0.2) is 18.2 Å².